The van der Waals surface area contributed by atoms with Crippen LogP contribution in [0, 0.1) is 5.92 Å². The number of likely N-dealkylation sites (tertiary alicyclic amines) is 1. The van der Waals surface area contributed by atoms with Crippen LogP contribution in [0.25, 0.3) is 0 Å². The number of piperidine rings is 1. The first-order valence-corrected chi connectivity index (χ1v) is 12.4. The van der Waals surface area contributed by atoms with E-state index in [0.29, 0.717) is 13.1 Å². The van der Waals surface area contributed by atoms with Crippen molar-refractivity contribution in [3.05, 3.63) is 62.0 Å². The molecule has 4 heterocycles. The lowest BCUT2D eigenvalue weighted by Crippen LogP contribution is -2.43. The minimum atomic E-state index is -0.00301. The van der Waals surface area contributed by atoms with Gasteiger partial charge in [-0.1, -0.05) is 18.2 Å². The summed E-state index contributed by atoms with van der Waals surface area (Å²) in [5.41, 5.74) is 1.75. The number of aromatic amines is 1. The molecule has 0 spiro atoms. The predicted molar refractivity (Wildman–Crippen MR) is 122 cm³/mol. The third-order valence-electron chi connectivity index (χ3n) is 6.86. The van der Waals surface area contributed by atoms with Crippen LogP contribution in [0.5, 0.6) is 0 Å². The van der Waals surface area contributed by atoms with E-state index < -0.39 is 0 Å². The number of carbonyl (C=O) groups excluding carboxylic acids is 1. The molecule has 1 saturated heterocycles. The SMILES string of the molecule is O=C([C@H]1CC=CCC1)N1CCC[C@H](c2nc3c(c(=O)[nH]2)CN(Cc2cccs2)CC3)C1. The summed E-state index contributed by atoms with van der Waals surface area (Å²) in [6.45, 7) is 3.95. The lowest BCUT2D eigenvalue weighted by molar-refractivity contribution is -0.137. The van der Waals surface area contributed by atoms with Crippen molar-refractivity contribution in [1.82, 2.24) is 19.8 Å². The number of hydrogen-bond donors (Lipinski definition) is 1. The Morgan fingerprint density at radius 3 is 3.00 bits per heavy atom. The van der Waals surface area contributed by atoms with Crippen molar-refractivity contribution >= 4 is 17.2 Å². The number of thiophene rings is 1. The molecule has 2 aromatic heterocycles. The second-order valence-electron chi connectivity index (χ2n) is 9.02. The minimum Gasteiger partial charge on any atom is -0.342 e. The number of amides is 1. The molecule has 2 aliphatic heterocycles. The molecule has 0 unspecified atom stereocenters. The van der Waals surface area contributed by atoms with Gasteiger partial charge >= 0.3 is 0 Å². The van der Waals surface area contributed by atoms with E-state index in [4.69, 9.17) is 4.98 Å². The number of nitrogens with one attached hydrogen (secondary N) is 1. The summed E-state index contributed by atoms with van der Waals surface area (Å²) in [5, 5.41) is 2.09. The molecule has 2 atom stereocenters. The summed E-state index contributed by atoms with van der Waals surface area (Å²) in [7, 11) is 0. The van der Waals surface area contributed by atoms with E-state index >= 15 is 0 Å². The molecule has 7 heteroatoms. The van der Waals surface area contributed by atoms with Gasteiger partial charge in [0.25, 0.3) is 5.56 Å². The molecule has 1 aliphatic carbocycles. The number of hydrogen-bond acceptors (Lipinski definition) is 5. The fourth-order valence-corrected chi connectivity index (χ4v) is 5.87. The maximum atomic E-state index is 13.0. The van der Waals surface area contributed by atoms with Gasteiger partial charge in [-0.25, -0.2) is 4.98 Å². The Kier molecular flexibility index (Phi) is 6.05. The van der Waals surface area contributed by atoms with E-state index in [0.717, 1.165) is 75.2 Å². The number of nitrogens with zero attached hydrogens (tertiary/aromatic N) is 3. The average molecular weight is 439 g/mol. The van der Waals surface area contributed by atoms with Crippen LogP contribution in [0.1, 0.15) is 60.0 Å². The molecule has 5 rings (SSSR count). The fourth-order valence-electron chi connectivity index (χ4n) is 5.13. The van der Waals surface area contributed by atoms with Gasteiger partial charge in [-0.05, 0) is 43.6 Å². The topological polar surface area (TPSA) is 69.3 Å². The van der Waals surface area contributed by atoms with Crippen molar-refractivity contribution in [1.29, 1.82) is 0 Å². The van der Waals surface area contributed by atoms with Gasteiger partial charge in [-0.2, -0.15) is 0 Å². The first-order chi connectivity index (χ1) is 15.2. The van der Waals surface area contributed by atoms with Gasteiger partial charge < -0.3 is 9.88 Å². The Hall–Kier alpha value is -2.25. The standard InChI is InChI=1S/C24H30N4O2S/c29-23-20-16-27(15-19-9-5-13-31-19)12-10-21(20)25-22(26-23)18-8-4-11-28(14-18)24(30)17-6-2-1-3-7-17/h1-2,5,9,13,17-18H,3-4,6-8,10-12,14-16H2,(H,25,26,29)/t17-,18-/m0/s1. The molecule has 164 valence electrons. The first-order valence-electron chi connectivity index (χ1n) is 11.5. The molecule has 1 fully saturated rings. The van der Waals surface area contributed by atoms with Crippen LogP contribution in [0.2, 0.25) is 0 Å². The van der Waals surface area contributed by atoms with Crippen LogP contribution in [-0.4, -0.2) is 45.3 Å². The van der Waals surface area contributed by atoms with E-state index in [9.17, 15) is 9.59 Å². The highest BCUT2D eigenvalue weighted by atomic mass is 32.1. The largest absolute Gasteiger partial charge is 0.342 e. The van der Waals surface area contributed by atoms with Crippen molar-refractivity contribution in [2.24, 2.45) is 5.92 Å². The number of rotatable bonds is 4. The zero-order chi connectivity index (χ0) is 21.2. The van der Waals surface area contributed by atoms with Crippen molar-refractivity contribution in [3.63, 3.8) is 0 Å². The highest BCUT2D eigenvalue weighted by molar-refractivity contribution is 7.09. The third kappa shape index (κ3) is 4.53. The van der Waals surface area contributed by atoms with Gasteiger partial charge in [0, 0.05) is 55.9 Å². The van der Waals surface area contributed by atoms with E-state index in [-0.39, 0.29) is 23.3 Å². The summed E-state index contributed by atoms with van der Waals surface area (Å²) in [5.74, 6) is 1.29. The zero-order valence-electron chi connectivity index (χ0n) is 17.9. The van der Waals surface area contributed by atoms with Crippen molar-refractivity contribution in [3.8, 4) is 0 Å². The lowest BCUT2D eigenvalue weighted by Gasteiger charge is -2.35. The number of carbonyl (C=O) groups is 1. The molecular weight excluding hydrogens is 408 g/mol. The predicted octanol–water partition coefficient (Wildman–Crippen LogP) is 3.45. The first kappa shape index (κ1) is 20.6. The Bertz CT molecular complexity index is 1010. The van der Waals surface area contributed by atoms with Gasteiger partial charge in [-0.15, -0.1) is 11.3 Å². The molecular formula is C24H30N4O2S. The molecule has 0 saturated carbocycles. The third-order valence-corrected chi connectivity index (χ3v) is 7.72. The molecule has 2 aromatic rings. The van der Waals surface area contributed by atoms with E-state index in [1.807, 2.05) is 4.90 Å². The van der Waals surface area contributed by atoms with Crippen LogP contribution < -0.4 is 5.56 Å². The monoisotopic (exact) mass is 438 g/mol. The van der Waals surface area contributed by atoms with Crippen LogP contribution in [0.3, 0.4) is 0 Å². The quantitative estimate of drug-likeness (QED) is 0.743. The smallest absolute Gasteiger partial charge is 0.255 e. The van der Waals surface area contributed by atoms with Crippen LogP contribution in [0.4, 0.5) is 0 Å². The van der Waals surface area contributed by atoms with Gasteiger partial charge in [-0.3, -0.25) is 14.5 Å². The fraction of sp³-hybridized carbons (Fsp3) is 0.542. The van der Waals surface area contributed by atoms with Crippen LogP contribution >= 0.6 is 11.3 Å². The number of allylic oxidation sites excluding steroid dienone is 2. The zero-order valence-corrected chi connectivity index (χ0v) is 18.7. The highest BCUT2D eigenvalue weighted by Crippen LogP contribution is 2.29. The second-order valence-corrected chi connectivity index (χ2v) is 10.1. The van der Waals surface area contributed by atoms with E-state index in [1.54, 1.807) is 11.3 Å². The maximum absolute atomic E-state index is 13.0. The van der Waals surface area contributed by atoms with Crippen LogP contribution in [-0.2, 0) is 24.3 Å². The Labute approximate surface area is 187 Å². The Morgan fingerprint density at radius 1 is 1.26 bits per heavy atom. The van der Waals surface area contributed by atoms with Gasteiger partial charge in [0.2, 0.25) is 5.91 Å². The highest BCUT2D eigenvalue weighted by Gasteiger charge is 2.31. The summed E-state index contributed by atoms with van der Waals surface area (Å²) < 4.78 is 0. The molecule has 31 heavy (non-hydrogen) atoms. The van der Waals surface area contributed by atoms with Crippen molar-refractivity contribution < 1.29 is 4.79 Å². The Balaban J connectivity index is 1.29. The van der Waals surface area contributed by atoms with E-state index in [1.165, 1.54) is 4.88 Å². The van der Waals surface area contributed by atoms with Crippen molar-refractivity contribution in [2.45, 2.75) is 57.5 Å². The van der Waals surface area contributed by atoms with Gasteiger partial charge in [0.1, 0.15) is 5.82 Å². The van der Waals surface area contributed by atoms with Gasteiger partial charge in [0.05, 0.1) is 11.3 Å². The molecule has 0 aromatic carbocycles. The molecule has 0 bridgehead atoms. The average Bonchev–Trinajstić information content (AvgIpc) is 3.32. The molecule has 1 amide bonds. The summed E-state index contributed by atoms with van der Waals surface area (Å²) >= 11 is 1.76. The molecule has 0 radical (unpaired) electrons. The number of H-pyrrole nitrogens is 1. The van der Waals surface area contributed by atoms with Crippen LogP contribution in [0.15, 0.2) is 34.5 Å². The normalized spacial score (nSPS) is 24.2. The Morgan fingerprint density at radius 2 is 2.19 bits per heavy atom. The summed E-state index contributed by atoms with van der Waals surface area (Å²) in [4.78, 5) is 39.6. The summed E-state index contributed by atoms with van der Waals surface area (Å²) in [6.07, 6.45) is 9.86. The summed E-state index contributed by atoms with van der Waals surface area (Å²) in [6, 6.07) is 4.22. The molecule has 1 N–H and O–H groups in total. The van der Waals surface area contributed by atoms with Crippen molar-refractivity contribution in [2.75, 3.05) is 19.6 Å². The minimum absolute atomic E-state index is 0.00301. The number of aromatic nitrogens is 2. The lowest BCUT2D eigenvalue weighted by atomic mass is 9.90. The molecule has 3 aliphatic rings. The maximum Gasteiger partial charge on any atom is 0.255 e. The number of fused-ring (bicyclic) bond motifs is 1. The molecule has 6 nitrogen and oxygen atoms in total. The van der Waals surface area contributed by atoms with Gasteiger partial charge in [0.15, 0.2) is 0 Å². The second kappa shape index (κ2) is 9.09. The van der Waals surface area contributed by atoms with E-state index in [2.05, 4.69) is 39.5 Å².